The molecule has 1 aliphatic carbocycles. The van der Waals surface area contributed by atoms with E-state index in [2.05, 4.69) is 57.2 Å². The summed E-state index contributed by atoms with van der Waals surface area (Å²) < 4.78 is 0. The molecule has 1 aromatic rings. The zero-order valence-corrected chi connectivity index (χ0v) is 11.9. The van der Waals surface area contributed by atoms with E-state index in [0.29, 0.717) is 5.92 Å². The van der Waals surface area contributed by atoms with Gasteiger partial charge in [0.15, 0.2) is 0 Å². The van der Waals surface area contributed by atoms with E-state index in [0.717, 1.165) is 0 Å². The highest BCUT2D eigenvalue weighted by molar-refractivity contribution is 5.80. The second kappa shape index (κ2) is 6.04. The topological polar surface area (TPSA) is 0 Å². The Morgan fingerprint density at radius 3 is 2.44 bits per heavy atom. The Labute approximate surface area is 111 Å². The first-order chi connectivity index (χ1) is 8.72. The van der Waals surface area contributed by atoms with Crippen LogP contribution in [-0.2, 0) is 0 Å². The molecule has 0 spiro atoms. The fraction of sp³-hybridized carbons (Fsp3) is 0.444. The molecule has 0 saturated carbocycles. The van der Waals surface area contributed by atoms with E-state index in [4.69, 9.17) is 0 Å². The van der Waals surface area contributed by atoms with Gasteiger partial charge in [-0.05, 0) is 36.3 Å². The molecule has 2 rings (SSSR count). The van der Waals surface area contributed by atoms with E-state index in [1.54, 1.807) is 11.1 Å². The molecule has 0 saturated heterocycles. The van der Waals surface area contributed by atoms with Gasteiger partial charge in [0.05, 0.1) is 0 Å². The average molecular weight is 240 g/mol. The van der Waals surface area contributed by atoms with Gasteiger partial charge in [0, 0.05) is 0 Å². The number of allylic oxidation sites excluding steroid dienone is 4. The van der Waals surface area contributed by atoms with Crippen molar-refractivity contribution in [2.24, 2.45) is 5.92 Å². The van der Waals surface area contributed by atoms with Gasteiger partial charge >= 0.3 is 0 Å². The lowest BCUT2D eigenvalue weighted by Crippen LogP contribution is -1.92. The molecule has 1 aromatic carbocycles. The minimum absolute atomic E-state index is 0.669. The maximum atomic E-state index is 2.44. The second-order valence-corrected chi connectivity index (χ2v) is 5.54. The monoisotopic (exact) mass is 240 g/mol. The Balaban J connectivity index is 2.28. The summed E-state index contributed by atoms with van der Waals surface area (Å²) in [6.45, 7) is 6.88. The summed E-state index contributed by atoms with van der Waals surface area (Å²) in [7, 11) is 0. The van der Waals surface area contributed by atoms with E-state index < -0.39 is 0 Å². The third-order valence-electron chi connectivity index (χ3n) is 3.79. The lowest BCUT2D eigenvalue weighted by atomic mass is 9.97. The van der Waals surface area contributed by atoms with Crippen molar-refractivity contribution in [3.05, 3.63) is 53.1 Å². The molecule has 0 amide bonds. The lowest BCUT2D eigenvalue weighted by Gasteiger charge is -2.08. The van der Waals surface area contributed by atoms with E-state index in [1.807, 2.05) is 0 Å². The van der Waals surface area contributed by atoms with Crippen LogP contribution < -0.4 is 0 Å². The van der Waals surface area contributed by atoms with Gasteiger partial charge in [0.2, 0.25) is 0 Å². The SMILES string of the molecule is CCCCC1=C(c2ccccc2)C=C(C(C)C)C1. The van der Waals surface area contributed by atoms with Crippen LogP contribution in [0.2, 0.25) is 0 Å². The first kappa shape index (κ1) is 13.1. The summed E-state index contributed by atoms with van der Waals surface area (Å²) in [6, 6.07) is 10.8. The molecular formula is C18H24. The van der Waals surface area contributed by atoms with Crippen LogP contribution in [0.4, 0.5) is 0 Å². The van der Waals surface area contributed by atoms with Crippen LogP contribution in [0.15, 0.2) is 47.6 Å². The lowest BCUT2D eigenvalue weighted by molar-refractivity contribution is 0.720. The molecule has 0 aromatic heterocycles. The van der Waals surface area contributed by atoms with Gasteiger partial charge in [0.1, 0.15) is 0 Å². The molecule has 0 N–H and O–H groups in total. The van der Waals surface area contributed by atoms with Crippen molar-refractivity contribution in [2.45, 2.75) is 46.5 Å². The number of hydrogen-bond donors (Lipinski definition) is 0. The smallest absolute Gasteiger partial charge is 0.00933 e. The summed E-state index contributed by atoms with van der Waals surface area (Å²) in [5, 5.41) is 0. The maximum Gasteiger partial charge on any atom is -0.00933 e. The Morgan fingerprint density at radius 2 is 1.83 bits per heavy atom. The fourth-order valence-electron chi connectivity index (χ4n) is 2.57. The van der Waals surface area contributed by atoms with Crippen molar-refractivity contribution in [3.63, 3.8) is 0 Å². The molecule has 0 nitrogen and oxygen atoms in total. The van der Waals surface area contributed by atoms with Gasteiger partial charge in [-0.1, -0.05) is 74.7 Å². The molecule has 0 heteroatoms. The summed E-state index contributed by atoms with van der Waals surface area (Å²) in [4.78, 5) is 0. The molecule has 0 aliphatic heterocycles. The van der Waals surface area contributed by atoms with Crippen molar-refractivity contribution < 1.29 is 0 Å². The Bertz CT molecular complexity index is 446. The maximum absolute atomic E-state index is 2.44. The molecule has 1 aliphatic rings. The van der Waals surface area contributed by atoms with E-state index in [-0.39, 0.29) is 0 Å². The molecule has 0 unspecified atom stereocenters. The first-order valence-corrected chi connectivity index (χ1v) is 7.20. The fourth-order valence-corrected chi connectivity index (χ4v) is 2.57. The highest BCUT2D eigenvalue weighted by Crippen LogP contribution is 2.37. The highest BCUT2D eigenvalue weighted by atomic mass is 14.2. The standard InChI is InChI=1S/C18H24/c1-4-5-9-16-12-17(14(2)3)13-18(16)15-10-7-6-8-11-15/h6-8,10-11,13-14H,4-5,9,12H2,1-3H3. The van der Waals surface area contributed by atoms with Crippen molar-refractivity contribution in [1.29, 1.82) is 0 Å². The third kappa shape index (κ3) is 2.93. The Morgan fingerprint density at radius 1 is 1.11 bits per heavy atom. The van der Waals surface area contributed by atoms with Gasteiger partial charge in [0.25, 0.3) is 0 Å². The molecular weight excluding hydrogens is 216 g/mol. The van der Waals surface area contributed by atoms with Gasteiger partial charge < -0.3 is 0 Å². The van der Waals surface area contributed by atoms with Crippen LogP contribution >= 0.6 is 0 Å². The summed E-state index contributed by atoms with van der Waals surface area (Å²) in [6.07, 6.45) is 7.48. The third-order valence-corrected chi connectivity index (χ3v) is 3.79. The van der Waals surface area contributed by atoms with Crippen LogP contribution in [0, 0.1) is 5.92 Å². The molecule has 0 heterocycles. The zero-order chi connectivity index (χ0) is 13.0. The van der Waals surface area contributed by atoms with Crippen LogP contribution in [0.5, 0.6) is 0 Å². The van der Waals surface area contributed by atoms with Gasteiger partial charge in [-0.3, -0.25) is 0 Å². The molecule has 96 valence electrons. The quantitative estimate of drug-likeness (QED) is 0.627. The highest BCUT2D eigenvalue weighted by Gasteiger charge is 2.18. The van der Waals surface area contributed by atoms with Gasteiger partial charge in [-0.15, -0.1) is 0 Å². The van der Waals surface area contributed by atoms with Crippen LogP contribution in [-0.4, -0.2) is 0 Å². The van der Waals surface area contributed by atoms with E-state index >= 15 is 0 Å². The number of rotatable bonds is 5. The molecule has 0 atom stereocenters. The van der Waals surface area contributed by atoms with Crippen LogP contribution in [0.1, 0.15) is 52.0 Å². The number of benzene rings is 1. The van der Waals surface area contributed by atoms with Crippen LogP contribution in [0.3, 0.4) is 0 Å². The average Bonchev–Trinajstić information content (AvgIpc) is 2.81. The minimum atomic E-state index is 0.669. The van der Waals surface area contributed by atoms with E-state index in [9.17, 15) is 0 Å². The normalized spacial score (nSPS) is 15.4. The van der Waals surface area contributed by atoms with Crippen molar-refractivity contribution >= 4 is 5.57 Å². The van der Waals surface area contributed by atoms with E-state index in [1.165, 1.54) is 36.8 Å². The minimum Gasteiger partial charge on any atom is -0.0654 e. The van der Waals surface area contributed by atoms with Gasteiger partial charge in [-0.25, -0.2) is 0 Å². The Kier molecular flexibility index (Phi) is 4.41. The number of unbranched alkanes of at least 4 members (excludes halogenated alkanes) is 1. The Hall–Kier alpha value is -1.30. The van der Waals surface area contributed by atoms with Crippen molar-refractivity contribution in [2.75, 3.05) is 0 Å². The second-order valence-electron chi connectivity index (χ2n) is 5.54. The summed E-state index contributed by atoms with van der Waals surface area (Å²) in [5.74, 6) is 0.669. The predicted octanol–water partition coefficient (Wildman–Crippen LogP) is 5.62. The van der Waals surface area contributed by atoms with Crippen molar-refractivity contribution in [1.82, 2.24) is 0 Å². The molecule has 0 fully saturated rings. The zero-order valence-electron chi connectivity index (χ0n) is 11.9. The molecule has 0 radical (unpaired) electrons. The first-order valence-electron chi connectivity index (χ1n) is 7.20. The van der Waals surface area contributed by atoms with Gasteiger partial charge in [-0.2, -0.15) is 0 Å². The molecule has 18 heavy (non-hydrogen) atoms. The predicted molar refractivity (Wildman–Crippen MR) is 80.4 cm³/mol. The largest absolute Gasteiger partial charge is 0.0654 e. The molecule has 0 bridgehead atoms. The number of hydrogen-bond acceptors (Lipinski definition) is 0. The summed E-state index contributed by atoms with van der Waals surface area (Å²) in [5.41, 5.74) is 6.12. The summed E-state index contributed by atoms with van der Waals surface area (Å²) >= 11 is 0. The van der Waals surface area contributed by atoms with Crippen molar-refractivity contribution in [3.8, 4) is 0 Å². The van der Waals surface area contributed by atoms with Crippen LogP contribution in [0.25, 0.3) is 5.57 Å².